The lowest BCUT2D eigenvalue weighted by Crippen LogP contribution is -2.46. The van der Waals surface area contributed by atoms with Crippen LogP contribution in [0.15, 0.2) is 23.1 Å². The summed E-state index contributed by atoms with van der Waals surface area (Å²) >= 11 is 5.99. The first-order valence-electron chi connectivity index (χ1n) is 8.03. The summed E-state index contributed by atoms with van der Waals surface area (Å²) in [7, 11) is -2.08. The molecule has 8 heteroatoms. The highest BCUT2D eigenvalue weighted by atomic mass is 35.5. The number of morpholine rings is 1. The third-order valence-corrected chi connectivity index (χ3v) is 5.63. The van der Waals surface area contributed by atoms with Gasteiger partial charge >= 0.3 is 0 Å². The van der Waals surface area contributed by atoms with E-state index < -0.39 is 10.0 Å². The van der Waals surface area contributed by atoms with Crippen molar-refractivity contribution in [3.63, 3.8) is 0 Å². The second-order valence-electron chi connectivity index (χ2n) is 6.06. The molecular formula is C16H25ClN2O4S. The second-order valence-corrected chi connectivity index (χ2v) is 8.24. The standard InChI is InChI=1S/C16H25ClN2O4S/c1-12-10-19(11-13(2)23-12)8-4-7-18-24(20,21)14-5-6-16(22-3)15(17)9-14/h5-6,9,12-13,18H,4,7-8,10-11H2,1-3H3/t12-,13+. The molecule has 0 spiro atoms. The van der Waals surface area contributed by atoms with Crippen molar-refractivity contribution in [1.29, 1.82) is 0 Å². The van der Waals surface area contributed by atoms with E-state index in [-0.39, 0.29) is 22.1 Å². The lowest BCUT2D eigenvalue weighted by molar-refractivity contribution is -0.0679. The van der Waals surface area contributed by atoms with Crippen molar-refractivity contribution in [2.24, 2.45) is 0 Å². The number of hydrogen-bond acceptors (Lipinski definition) is 5. The monoisotopic (exact) mass is 376 g/mol. The summed E-state index contributed by atoms with van der Waals surface area (Å²) in [6.45, 7) is 7.09. The maximum absolute atomic E-state index is 12.3. The molecule has 0 unspecified atom stereocenters. The summed E-state index contributed by atoms with van der Waals surface area (Å²) in [6.07, 6.45) is 1.17. The van der Waals surface area contributed by atoms with Crippen LogP contribution >= 0.6 is 11.6 Å². The number of benzene rings is 1. The third-order valence-electron chi connectivity index (χ3n) is 3.87. The van der Waals surface area contributed by atoms with Crippen LogP contribution in [0, 0.1) is 0 Å². The first kappa shape index (κ1) is 19.5. The third kappa shape index (κ3) is 5.32. The molecule has 1 aromatic carbocycles. The predicted octanol–water partition coefficient (Wildman–Crippen LogP) is 2.13. The molecule has 24 heavy (non-hydrogen) atoms. The molecule has 1 heterocycles. The van der Waals surface area contributed by atoms with Gasteiger partial charge in [-0.05, 0) is 45.0 Å². The highest BCUT2D eigenvalue weighted by Crippen LogP contribution is 2.26. The van der Waals surface area contributed by atoms with Crippen LogP contribution in [0.3, 0.4) is 0 Å². The van der Waals surface area contributed by atoms with E-state index >= 15 is 0 Å². The van der Waals surface area contributed by atoms with Gasteiger partial charge in [0.2, 0.25) is 10.0 Å². The van der Waals surface area contributed by atoms with Crippen LogP contribution in [0.1, 0.15) is 20.3 Å². The van der Waals surface area contributed by atoms with Gasteiger partial charge in [-0.25, -0.2) is 13.1 Å². The van der Waals surface area contributed by atoms with Gasteiger partial charge in [-0.3, -0.25) is 4.90 Å². The Balaban J connectivity index is 1.83. The number of nitrogens with zero attached hydrogens (tertiary/aromatic N) is 1. The minimum Gasteiger partial charge on any atom is -0.495 e. The van der Waals surface area contributed by atoms with Crippen LogP contribution in [-0.2, 0) is 14.8 Å². The zero-order valence-corrected chi connectivity index (χ0v) is 15.9. The van der Waals surface area contributed by atoms with Crippen LogP contribution < -0.4 is 9.46 Å². The molecule has 0 amide bonds. The Bertz CT molecular complexity index is 643. The lowest BCUT2D eigenvalue weighted by atomic mass is 10.2. The predicted molar refractivity (Wildman–Crippen MR) is 94.3 cm³/mol. The van der Waals surface area contributed by atoms with Crippen molar-refractivity contribution >= 4 is 21.6 Å². The lowest BCUT2D eigenvalue weighted by Gasteiger charge is -2.35. The van der Waals surface area contributed by atoms with Crippen LogP contribution in [0.25, 0.3) is 0 Å². The largest absolute Gasteiger partial charge is 0.495 e. The number of rotatable bonds is 7. The average Bonchev–Trinajstić information content (AvgIpc) is 2.50. The van der Waals surface area contributed by atoms with Gasteiger partial charge in [-0.15, -0.1) is 0 Å². The van der Waals surface area contributed by atoms with E-state index in [1.54, 1.807) is 6.07 Å². The molecule has 1 N–H and O–H groups in total. The fourth-order valence-corrected chi connectivity index (χ4v) is 4.30. The number of halogens is 1. The van der Waals surface area contributed by atoms with Crippen molar-refractivity contribution in [2.45, 2.75) is 37.4 Å². The fraction of sp³-hybridized carbons (Fsp3) is 0.625. The topological polar surface area (TPSA) is 67.9 Å². The quantitative estimate of drug-likeness (QED) is 0.738. The Morgan fingerprint density at radius 3 is 2.58 bits per heavy atom. The molecule has 1 aliphatic rings. The van der Waals surface area contributed by atoms with E-state index in [9.17, 15) is 8.42 Å². The van der Waals surface area contributed by atoms with Crippen molar-refractivity contribution in [3.05, 3.63) is 23.2 Å². The van der Waals surface area contributed by atoms with Crippen molar-refractivity contribution in [2.75, 3.05) is 33.3 Å². The summed E-state index contributed by atoms with van der Waals surface area (Å²) in [5.41, 5.74) is 0. The molecule has 1 fully saturated rings. The molecule has 0 bridgehead atoms. The van der Waals surface area contributed by atoms with E-state index in [0.29, 0.717) is 12.3 Å². The molecule has 0 radical (unpaired) electrons. The fourth-order valence-electron chi connectivity index (χ4n) is 2.87. The van der Waals surface area contributed by atoms with Gasteiger partial charge in [0, 0.05) is 19.6 Å². The molecule has 136 valence electrons. The Labute approximate surface area is 149 Å². The second kappa shape index (κ2) is 8.49. The molecule has 1 aromatic rings. The van der Waals surface area contributed by atoms with Crippen LogP contribution in [0.2, 0.25) is 5.02 Å². The minimum absolute atomic E-state index is 0.141. The van der Waals surface area contributed by atoms with Gasteiger partial charge < -0.3 is 9.47 Å². The highest BCUT2D eigenvalue weighted by molar-refractivity contribution is 7.89. The number of methoxy groups -OCH3 is 1. The molecule has 2 atom stereocenters. The molecule has 6 nitrogen and oxygen atoms in total. The summed E-state index contributed by atoms with van der Waals surface area (Å²) < 4.78 is 37.9. The first-order valence-corrected chi connectivity index (χ1v) is 9.89. The summed E-state index contributed by atoms with van der Waals surface area (Å²) in [4.78, 5) is 2.44. The normalized spacial score (nSPS) is 22.5. The van der Waals surface area contributed by atoms with Crippen molar-refractivity contribution in [3.8, 4) is 5.75 Å². The zero-order chi connectivity index (χ0) is 17.7. The summed E-state index contributed by atoms with van der Waals surface area (Å²) in [5.74, 6) is 0.450. The molecular weight excluding hydrogens is 352 g/mol. The van der Waals surface area contributed by atoms with Gasteiger partial charge in [0.25, 0.3) is 0 Å². The van der Waals surface area contributed by atoms with E-state index in [1.165, 1.54) is 19.2 Å². The summed E-state index contributed by atoms with van der Waals surface area (Å²) in [5, 5.41) is 0.275. The van der Waals surface area contributed by atoms with E-state index in [4.69, 9.17) is 21.1 Å². The van der Waals surface area contributed by atoms with Gasteiger partial charge in [0.15, 0.2) is 0 Å². The molecule has 0 aromatic heterocycles. The maximum atomic E-state index is 12.3. The number of hydrogen-bond donors (Lipinski definition) is 1. The SMILES string of the molecule is COc1ccc(S(=O)(=O)NCCCN2C[C@@H](C)O[C@@H](C)C2)cc1Cl. The summed E-state index contributed by atoms with van der Waals surface area (Å²) in [6, 6.07) is 4.43. The van der Waals surface area contributed by atoms with E-state index in [0.717, 1.165) is 26.1 Å². The molecule has 0 aliphatic carbocycles. The number of nitrogens with one attached hydrogen (secondary N) is 1. The zero-order valence-electron chi connectivity index (χ0n) is 14.3. The van der Waals surface area contributed by atoms with Crippen LogP contribution in [0.4, 0.5) is 0 Å². The Morgan fingerprint density at radius 2 is 2.00 bits per heavy atom. The van der Waals surface area contributed by atoms with E-state index in [2.05, 4.69) is 23.5 Å². The van der Waals surface area contributed by atoms with Crippen molar-refractivity contribution in [1.82, 2.24) is 9.62 Å². The molecule has 2 rings (SSSR count). The van der Waals surface area contributed by atoms with Gasteiger partial charge in [0.05, 0.1) is 29.2 Å². The number of ether oxygens (including phenoxy) is 2. The average molecular weight is 377 g/mol. The van der Waals surface area contributed by atoms with Gasteiger partial charge in [-0.2, -0.15) is 0 Å². The molecule has 1 aliphatic heterocycles. The molecule has 0 saturated carbocycles. The van der Waals surface area contributed by atoms with Crippen molar-refractivity contribution < 1.29 is 17.9 Å². The first-order chi connectivity index (χ1) is 11.3. The Kier molecular flexibility index (Phi) is 6.88. The van der Waals surface area contributed by atoms with Gasteiger partial charge in [-0.1, -0.05) is 11.6 Å². The minimum atomic E-state index is -3.57. The Hall–Kier alpha value is -0.860. The maximum Gasteiger partial charge on any atom is 0.240 e. The van der Waals surface area contributed by atoms with Crippen LogP contribution in [-0.4, -0.2) is 58.8 Å². The Morgan fingerprint density at radius 1 is 1.33 bits per heavy atom. The van der Waals surface area contributed by atoms with E-state index in [1.807, 2.05) is 0 Å². The van der Waals surface area contributed by atoms with Crippen LogP contribution in [0.5, 0.6) is 5.75 Å². The highest BCUT2D eigenvalue weighted by Gasteiger charge is 2.22. The smallest absolute Gasteiger partial charge is 0.240 e. The molecule has 1 saturated heterocycles. The van der Waals surface area contributed by atoms with Gasteiger partial charge in [0.1, 0.15) is 5.75 Å². The number of sulfonamides is 1.